The van der Waals surface area contributed by atoms with Crippen molar-refractivity contribution in [1.29, 1.82) is 0 Å². The zero-order valence-electron chi connectivity index (χ0n) is 15.0. The van der Waals surface area contributed by atoms with Crippen molar-refractivity contribution in [2.24, 2.45) is 0 Å². The van der Waals surface area contributed by atoms with Gasteiger partial charge in [-0.3, -0.25) is 4.79 Å². The van der Waals surface area contributed by atoms with Gasteiger partial charge in [0.2, 0.25) is 5.91 Å². The van der Waals surface area contributed by atoms with Crippen LogP contribution in [0.1, 0.15) is 51.0 Å². The predicted molar refractivity (Wildman–Crippen MR) is 97.2 cm³/mol. The van der Waals surface area contributed by atoms with Gasteiger partial charge in [-0.05, 0) is 57.6 Å². The van der Waals surface area contributed by atoms with Gasteiger partial charge < -0.3 is 15.0 Å². The van der Waals surface area contributed by atoms with E-state index in [4.69, 9.17) is 4.74 Å². The maximum Gasteiger partial charge on any atom is 0.222 e. The minimum Gasteiger partial charge on any atom is -0.382 e. The summed E-state index contributed by atoms with van der Waals surface area (Å²) in [5, 5.41) is 3.63. The number of likely N-dealkylation sites (tertiary alicyclic amines) is 1. The summed E-state index contributed by atoms with van der Waals surface area (Å²) in [5.74, 6) is 0.299. The van der Waals surface area contributed by atoms with E-state index in [9.17, 15) is 4.79 Å². The first-order valence-electron chi connectivity index (χ1n) is 9.37. The molecule has 1 N–H and O–H groups in total. The topological polar surface area (TPSA) is 41.6 Å². The van der Waals surface area contributed by atoms with E-state index in [-0.39, 0.29) is 0 Å². The Morgan fingerprint density at radius 3 is 2.62 bits per heavy atom. The van der Waals surface area contributed by atoms with Crippen molar-refractivity contribution in [3.8, 4) is 0 Å². The molecule has 2 heterocycles. The van der Waals surface area contributed by atoms with Crippen molar-refractivity contribution < 1.29 is 9.53 Å². The average Bonchev–Trinajstić information content (AvgIpc) is 3.01. The summed E-state index contributed by atoms with van der Waals surface area (Å²) in [7, 11) is 0. The molecular formula is C20H30N2O2. The fourth-order valence-corrected chi connectivity index (χ4v) is 3.77. The number of aryl methyl sites for hydroxylation is 1. The molecule has 4 heteroatoms. The molecule has 0 bridgehead atoms. The number of rotatable bonds is 5. The van der Waals surface area contributed by atoms with Crippen LogP contribution in [0.25, 0.3) is 0 Å². The summed E-state index contributed by atoms with van der Waals surface area (Å²) >= 11 is 0. The molecule has 2 aliphatic heterocycles. The molecule has 0 spiro atoms. The van der Waals surface area contributed by atoms with E-state index in [1.807, 2.05) is 4.90 Å². The van der Waals surface area contributed by atoms with E-state index in [0.29, 0.717) is 30.6 Å². The van der Waals surface area contributed by atoms with Crippen LogP contribution in [0.15, 0.2) is 24.3 Å². The first-order chi connectivity index (χ1) is 11.6. The monoisotopic (exact) mass is 330 g/mol. The van der Waals surface area contributed by atoms with Crippen LogP contribution in [0.2, 0.25) is 0 Å². The maximum atomic E-state index is 12.4. The van der Waals surface area contributed by atoms with Gasteiger partial charge in [0.15, 0.2) is 0 Å². The van der Waals surface area contributed by atoms with Gasteiger partial charge in [0.1, 0.15) is 0 Å². The SMILES string of the molecule is Cc1ccccc1NC1CCN(C(=O)CCC2CCC(C)O2)CC1. The number of anilines is 1. The third kappa shape index (κ3) is 4.50. The van der Waals surface area contributed by atoms with Crippen molar-refractivity contribution in [2.75, 3.05) is 18.4 Å². The van der Waals surface area contributed by atoms with Crippen LogP contribution in [0.5, 0.6) is 0 Å². The van der Waals surface area contributed by atoms with Gasteiger partial charge in [-0.2, -0.15) is 0 Å². The van der Waals surface area contributed by atoms with Crippen LogP contribution in [0.4, 0.5) is 5.69 Å². The van der Waals surface area contributed by atoms with Crippen LogP contribution in [-0.2, 0) is 9.53 Å². The molecule has 1 aromatic carbocycles. The van der Waals surface area contributed by atoms with Gasteiger partial charge in [-0.15, -0.1) is 0 Å². The molecule has 2 aliphatic rings. The summed E-state index contributed by atoms with van der Waals surface area (Å²) in [5.41, 5.74) is 2.50. The Hall–Kier alpha value is -1.55. The largest absolute Gasteiger partial charge is 0.382 e. The molecule has 1 amide bonds. The quantitative estimate of drug-likeness (QED) is 0.894. The van der Waals surface area contributed by atoms with Gasteiger partial charge in [0, 0.05) is 31.2 Å². The first kappa shape index (κ1) is 17.3. The molecule has 0 radical (unpaired) electrons. The minimum absolute atomic E-state index is 0.296. The first-order valence-corrected chi connectivity index (χ1v) is 9.37. The second-order valence-corrected chi connectivity index (χ2v) is 7.30. The van der Waals surface area contributed by atoms with Gasteiger partial charge >= 0.3 is 0 Å². The van der Waals surface area contributed by atoms with Crippen molar-refractivity contribution in [3.63, 3.8) is 0 Å². The van der Waals surface area contributed by atoms with Crippen molar-refractivity contribution in [3.05, 3.63) is 29.8 Å². The highest BCUT2D eigenvalue weighted by Gasteiger charge is 2.26. The molecule has 2 unspecified atom stereocenters. The Labute approximate surface area is 145 Å². The van der Waals surface area contributed by atoms with Crippen molar-refractivity contribution >= 4 is 11.6 Å². The Morgan fingerprint density at radius 2 is 1.96 bits per heavy atom. The van der Waals surface area contributed by atoms with Crippen LogP contribution in [0.3, 0.4) is 0 Å². The highest BCUT2D eigenvalue weighted by Crippen LogP contribution is 2.24. The number of carbonyl (C=O) groups excluding carboxylic acids is 1. The Kier molecular flexibility index (Phi) is 5.77. The number of piperidine rings is 1. The number of nitrogens with one attached hydrogen (secondary N) is 1. The minimum atomic E-state index is 0.296. The van der Waals surface area contributed by atoms with E-state index in [1.54, 1.807) is 0 Å². The van der Waals surface area contributed by atoms with Crippen LogP contribution in [-0.4, -0.2) is 42.1 Å². The molecular weight excluding hydrogens is 300 g/mol. The highest BCUT2D eigenvalue weighted by molar-refractivity contribution is 5.76. The number of carbonyl (C=O) groups is 1. The van der Waals surface area contributed by atoms with E-state index in [0.717, 1.165) is 45.2 Å². The molecule has 24 heavy (non-hydrogen) atoms. The number of benzene rings is 1. The Morgan fingerprint density at radius 1 is 1.21 bits per heavy atom. The zero-order valence-corrected chi connectivity index (χ0v) is 15.0. The molecule has 2 fully saturated rings. The third-order valence-electron chi connectivity index (χ3n) is 5.35. The van der Waals surface area contributed by atoms with Crippen molar-refractivity contribution in [1.82, 2.24) is 4.90 Å². The average molecular weight is 330 g/mol. The van der Waals surface area contributed by atoms with Crippen molar-refractivity contribution in [2.45, 2.75) is 70.6 Å². The normalized spacial score (nSPS) is 25.0. The van der Waals surface area contributed by atoms with E-state index >= 15 is 0 Å². The van der Waals surface area contributed by atoms with Crippen LogP contribution >= 0.6 is 0 Å². The highest BCUT2D eigenvalue weighted by atomic mass is 16.5. The summed E-state index contributed by atoms with van der Waals surface area (Å²) in [6.07, 6.45) is 6.47. The maximum absolute atomic E-state index is 12.4. The predicted octanol–water partition coefficient (Wildman–Crippen LogP) is 3.75. The van der Waals surface area contributed by atoms with Crippen LogP contribution < -0.4 is 5.32 Å². The second kappa shape index (κ2) is 8.02. The van der Waals surface area contributed by atoms with Gasteiger partial charge in [0.05, 0.1) is 12.2 Å². The summed E-state index contributed by atoms with van der Waals surface area (Å²) in [6, 6.07) is 8.87. The van der Waals surface area contributed by atoms with E-state index in [1.165, 1.54) is 11.3 Å². The fourth-order valence-electron chi connectivity index (χ4n) is 3.77. The number of amides is 1. The standard InChI is InChI=1S/C20H30N2O2/c1-15-5-3-4-6-19(15)21-17-11-13-22(14-12-17)20(23)10-9-18-8-7-16(2)24-18/h3-6,16-18,21H,7-14H2,1-2H3. The van der Waals surface area contributed by atoms with E-state index in [2.05, 4.69) is 43.4 Å². The number of para-hydroxylation sites is 1. The Balaban J connectivity index is 1.40. The molecule has 1 aromatic rings. The van der Waals surface area contributed by atoms with Gasteiger partial charge in [-0.1, -0.05) is 18.2 Å². The van der Waals surface area contributed by atoms with Gasteiger partial charge in [0.25, 0.3) is 0 Å². The molecule has 0 aromatic heterocycles. The smallest absolute Gasteiger partial charge is 0.222 e. The number of ether oxygens (including phenoxy) is 1. The molecule has 0 saturated carbocycles. The summed E-state index contributed by atoms with van der Waals surface area (Å²) in [6.45, 7) is 5.98. The number of nitrogens with zero attached hydrogens (tertiary/aromatic N) is 1. The molecule has 0 aliphatic carbocycles. The zero-order chi connectivity index (χ0) is 16.9. The van der Waals surface area contributed by atoms with Crippen LogP contribution in [0, 0.1) is 6.92 Å². The lowest BCUT2D eigenvalue weighted by Gasteiger charge is -2.33. The summed E-state index contributed by atoms with van der Waals surface area (Å²) < 4.78 is 5.81. The molecule has 2 atom stereocenters. The molecule has 132 valence electrons. The van der Waals surface area contributed by atoms with E-state index < -0.39 is 0 Å². The summed E-state index contributed by atoms with van der Waals surface area (Å²) in [4.78, 5) is 14.4. The lowest BCUT2D eigenvalue weighted by molar-refractivity contribution is -0.132. The fraction of sp³-hybridized carbons (Fsp3) is 0.650. The lowest BCUT2D eigenvalue weighted by atomic mass is 10.0. The number of hydrogen-bond donors (Lipinski definition) is 1. The number of hydrogen-bond acceptors (Lipinski definition) is 3. The molecule has 4 nitrogen and oxygen atoms in total. The molecule has 2 saturated heterocycles. The van der Waals surface area contributed by atoms with Gasteiger partial charge in [-0.25, -0.2) is 0 Å². The molecule has 3 rings (SSSR count). The third-order valence-corrected chi connectivity index (χ3v) is 5.35. The second-order valence-electron chi connectivity index (χ2n) is 7.30. The lowest BCUT2D eigenvalue weighted by Crippen LogP contribution is -2.42. The Bertz CT molecular complexity index is 552.